The third-order valence-electron chi connectivity index (χ3n) is 1.64. The van der Waals surface area contributed by atoms with Gasteiger partial charge < -0.3 is 15.7 Å². The van der Waals surface area contributed by atoms with E-state index in [1.165, 1.54) is 6.07 Å². The Morgan fingerprint density at radius 3 is 2.47 bits per heavy atom. The molecule has 1 aromatic heterocycles. The Bertz CT molecular complexity index is 446. The Kier molecular flexibility index (Phi) is 4.92. The van der Waals surface area contributed by atoms with Crippen LogP contribution in [-0.2, 0) is 9.59 Å². The molecule has 3 N–H and O–H groups in total. The number of halogens is 1. The van der Waals surface area contributed by atoms with Gasteiger partial charge in [0.25, 0.3) is 5.91 Å². The van der Waals surface area contributed by atoms with E-state index in [1.807, 2.05) is 0 Å². The molecule has 0 saturated heterocycles. The molecule has 0 atom stereocenters. The number of nitrogens with one attached hydrogen (secondary N) is 2. The van der Waals surface area contributed by atoms with Crippen molar-refractivity contribution >= 4 is 40.7 Å². The van der Waals surface area contributed by atoms with Crippen molar-refractivity contribution in [1.82, 2.24) is 10.6 Å². The van der Waals surface area contributed by atoms with Crippen molar-refractivity contribution in [2.75, 3.05) is 13.1 Å². The van der Waals surface area contributed by atoms with Crippen LogP contribution < -0.4 is 10.6 Å². The molecule has 17 heavy (non-hydrogen) atoms. The molecule has 0 aliphatic carbocycles. The van der Waals surface area contributed by atoms with E-state index in [2.05, 4.69) is 10.6 Å². The predicted molar refractivity (Wildman–Crippen MR) is 62.3 cm³/mol. The standard InChI is InChI=1S/C9H9ClN2O4S/c10-6-2-1-5(17-6)9(16)12-3-7(13)11-4-8(14)15/h1-2H,3-4H2,(H,11,13)(H,12,16)(H,14,15). The molecule has 1 rings (SSSR count). The molecule has 1 heterocycles. The van der Waals surface area contributed by atoms with Crippen LogP contribution in [0.3, 0.4) is 0 Å². The molecule has 0 aliphatic rings. The second kappa shape index (κ2) is 6.21. The number of hydrogen-bond donors (Lipinski definition) is 3. The number of carbonyl (C=O) groups excluding carboxylic acids is 2. The summed E-state index contributed by atoms with van der Waals surface area (Å²) in [6.07, 6.45) is 0. The van der Waals surface area contributed by atoms with Crippen molar-refractivity contribution in [2.45, 2.75) is 0 Å². The lowest BCUT2D eigenvalue weighted by Gasteiger charge is -2.03. The molecule has 2 amide bonds. The fourth-order valence-electron chi connectivity index (χ4n) is 0.921. The number of amides is 2. The lowest BCUT2D eigenvalue weighted by atomic mass is 10.4. The summed E-state index contributed by atoms with van der Waals surface area (Å²) in [5.74, 6) is -2.13. The van der Waals surface area contributed by atoms with Crippen LogP contribution in [0.1, 0.15) is 9.67 Å². The molecule has 0 spiro atoms. The Labute approximate surface area is 106 Å². The van der Waals surface area contributed by atoms with Crippen LogP contribution in [-0.4, -0.2) is 36.0 Å². The first kappa shape index (κ1) is 13.5. The van der Waals surface area contributed by atoms with Gasteiger partial charge in [-0.3, -0.25) is 14.4 Å². The molecular weight excluding hydrogens is 268 g/mol. The average Bonchev–Trinajstić information content (AvgIpc) is 2.70. The highest BCUT2D eigenvalue weighted by Gasteiger charge is 2.10. The van der Waals surface area contributed by atoms with E-state index < -0.39 is 24.3 Å². The van der Waals surface area contributed by atoms with E-state index in [0.717, 1.165) is 11.3 Å². The van der Waals surface area contributed by atoms with Gasteiger partial charge in [-0.1, -0.05) is 11.6 Å². The molecule has 1 aromatic rings. The SMILES string of the molecule is O=C(O)CNC(=O)CNC(=O)c1ccc(Cl)s1. The van der Waals surface area contributed by atoms with Gasteiger partial charge in [0.2, 0.25) is 5.91 Å². The van der Waals surface area contributed by atoms with Crippen LogP contribution >= 0.6 is 22.9 Å². The summed E-state index contributed by atoms with van der Waals surface area (Å²) < 4.78 is 0.477. The number of thiophene rings is 1. The van der Waals surface area contributed by atoms with Crippen LogP contribution in [0.15, 0.2) is 12.1 Å². The lowest BCUT2D eigenvalue weighted by molar-refractivity contribution is -0.137. The van der Waals surface area contributed by atoms with Gasteiger partial charge in [0.05, 0.1) is 15.8 Å². The van der Waals surface area contributed by atoms with Gasteiger partial charge in [0.1, 0.15) is 6.54 Å². The van der Waals surface area contributed by atoms with E-state index in [-0.39, 0.29) is 6.54 Å². The first-order chi connectivity index (χ1) is 7.99. The molecule has 0 radical (unpaired) electrons. The molecule has 0 aliphatic heterocycles. The first-order valence-corrected chi connectivity index (χ1v) is 5.70. The summed E-state index contributed by atoms with van der Waals surface area (Å²) in [4.78, 5) is 33.1. The minimum Gasteiger partial charge on any atom is -0.480 e. The van der Waals surface area contributed by atoms with E-state index in [9.17, 15) is 14.4 Å². The van der Waals surface area contributed by atoms with Gasteiger partial charge in [-0.25, -0.2) is 0 Å². The minimum atomic E-state index is -1.14. The van der Waals surface area contributed by atoms with Gasteiger partial charge in [-0.05, 0) is 12.1 Å². The van der Waals surface area contributed by atoms with Gasteiger partial charge in [0.15, 0.2) is 0 Å². The van der Waals surface area contributed by atoms with Crippen LogP contribution in [0.25, 0.3) is 0 Å². The normalized spacial score (nSPS) is 9.71. The maximum Gasteiger partial charge on any atom is 0.322 e. The third kappa shape index (κ3) is 4.83. The number of carboxylic acids is 1. The molecule has 8 heteroatoms. The zero-order valence-corrected chi connectivity index (χ0v) is 10.1. The Morgan fingerprint density at radius 2 is 1.94 bits per heavy atom. The van der Waals surface area contributed by atoms with Gasteiger partial charge in [-0.2, -0.15) is 0 Å². The molecule has 0 fully saturated rings. The number of hydrogen-bond acceptors (Lipinski definition) is 4. The highest BCUT2D eigenvalue weighted by atomic mass is 35.5. The molecule has 0 bridgehead atoms. The number of aliphatic carboxylic acids is 1. The fraction of sp³-hybridized carbons (Fsp3) is 0.222. The number of carboxylic acid groups (broad SMARTS) is 1. The second-order valence-corrected chi connectivity index (χ2v) is 4.67. The largest absolute Gasteiger partial charge is 0.480 e. The van der Waals surface area contributed by atoms with Crippen molar-refractivity contribution in [3.05, 3.63) is 21.3 Å². The van der Waals surface area contributed by atoms with E-state index >= 15 is 0 Å². The average molecular weight is 277 g/mol. The van der Waals surface area contributed by atoms with Crippen LogP contribution in [0, 0.1) is 0 Å². The summed E-state index contributed by atoms with van der Waals surface area (Å²) in [6, 6.07) is 3.11. The topological polar surface area (TPSA) is 95.5 Å². The van der Waals surface area contributed by atoms with Crippen molar-refractivity contribution in [1.29, 1.82) is 0 Å². The smallest absolute Gasteiger partial charge is 0.322 e. The third-order valence-corrected chi connectivity index (χ3v) is 2.87. The Morgan fingerprint density at radius 1 is 1.24 bits per heavy atom. The molecular formula is C9H9ClN2O4S. The van der Waals surface area contributed by atoms with Crippen LogP contribution in [0.4, 0.5) is 0 Å². The van der Waals surface area contributed by atoms with Crippen molar-refractivity contribution in [3.8, 4) is 0 Å². The Hall–Kier alpha value is -1.60. The molecule has 0 aromatic carbocycles. The molecule has 92 valence electrons. The van der Waals surface area contributed by atoms with Gasteiger partial charge >= 0.3 is 5.97 Å². The van der Waals surface area contributed by atoms with Gasteiger partial charge in [0, 0.05) is 0 Å². The summed E-state index contributed by atoms with van der Waals surface area (Å²) >= 11 is 6.74. The predicted octanol–water partition coefficient (Wildman–Crippen LogP) is 0.332. The van der Waals surface area contributed by atoms with Crippen molar-refractivity contribution < 1.29 is 19.5 Å². The fourth-order valence-corrected chi connectivity index (χ4v) is 1.88. The quantitative estimate of drug-likeness (QED) is 0.722. The first-order valence-electron chi connectivity index (χ1n) is 4.51. The number of rotatable bonds is 5. The van der Waals surface area contributed by atoms with E-state index in [1.54, 1.807) is 6.07 Å². The van der Waals surface area contributed by atoms with E-state index in [0.29, 0.717) is 9.21 Å². The zero-order chi connectivity index (χ0) is 12.8. The highest BCUT2D eigenvalue weighted by molar-refractivity contribution is 7.17. The van der Waals surface area contributed by atoms with Gasteiger partial charge in [-0.15, -0.1) is 11.3 Å². The Balaban J connectivity index is 2.33. The monoisotopic (exact) mass is 276 g/mol. The van der Waals surface area contributed by atoms with Crippen molar-refractivity contribution in [3.63, 3.8) is 0 Å². The lowest BCUT2D eigenvalue weighted by Crippen LogP contribution is -2.38. The summed E-state index contributed by atoms with van der Waals surface area (Å²) in [5.41, 5.74) is 0. The summed E-state index contributed by atoms with van der Waals surface area (Å²) in [6.45, 7) is -0.749. The summed E-state index contributed by atoms with van der Waals surface area (Å²) in [7, 11) is 0. The minimum absolute atomic E-state index is 0.276. The maximum atomic E-state index is 11.4. The van der Waals surface area contributed by atoms with Crippen LogP contribution in [0.2, 0.25) is 4.34 Å². The maximum absolute atomic E-state index is 11.4. The molecule has 0 saturated carbocycles. The zero-order valence-electron chi connectivity index (χ0n) is 8.53. The van der Waals surface area contributed by atoms with Crippen molar-refractivity contribution in [2.24, 2.45) is 0 Å². The molecule has 6 nitrogen and oxygen atoms in total. The van der Waals surface area contributed by atoms with Crippen LogP contribution in [0.5, 0.6) is 0 Å². The second-order valence-electron chi connectivity index (χ2n) is 2.96. The van der Waals surface area contributed by atoms with E-state index in [4.69, 9.17) is 16.7 Å². The molecule has 0 unspecified atom stereocenters. The summed E-state index contributed by atoms with van der Waals surface area (Å²) in [5, 5.41) is 12.8. The highest BCUT2D eigenvalue weighted by Crippen LogP contribution is 2.20. The number of carbonyl (C=O) groups is 3.